The number of carbonyl (C=O) groups is 2. The summed E-state index contributed by atoms with van der Waals surface area (Å²) in [7, 11) is 0. The third-order valence-corrected chi connectivity index (χ3v) is 8.96. The maximum Gasteiger partial charge on any atom is 0.251 e. The number of aromatic nitrogens is 2. The van der Waals surface area contributed by atoms with Crippen molar-refractivity contribution in [3.63, 3.8) is 0 Å². The van der Waals surface area contributed by atoms with Crippen molar-refractivity contribution in [2.45, 2.75) is 49.7 Å². The first-order valence-electron chi connectivity index (χ1n) is 14.6. The Hall–Kier alpha value is -4.28. The number of pyridine rings is 2. The molecule has 11 heteroatoms. The van der Waals surface area contributed by atoms with E-state index < -0.39 is 28.6 Å². The van der Waals surface area contributed by atoms with Crippen LogP contribution in [0.15, 0.2) is 54.6 Å². The van der Waals surface area contributed by atoms with E-state index in [2.05, 4.69) is 10.3 Å². The predicted octanol–water partition coefficient (Wildman–Crippen LogP) is 4.79. The number of nitrogens with one attached hydrogen (secondary N) is 1. The molecule has 3 aliphatic rings. The topological polar surface area (TPSA) is 137 Å². The van der Waals surface area contributed by atoms with Gasteiger partial charge in [0.15, 0.2) is 0 Å². The molecule has 1 aliphatic heterocycles. The zero-order chi connectivity index (χ0) is 30.8. The molecular weight excluding hydrogens is 587 g/mol. The van der Waals surface area contributed by atoms with E-state index in [0.29, 0.717) is 49.9 Å². The number of amides is 2. The van der Waals surface area contributed by atoms with E-state index in [-0.39, 0.29) is 30.9 Å². The molecule has 7 rings (SSSR count). The lowest BCUT2D eigenvalue weighted by Crippen LogP contribution is -2.44. The second-order valence-corrected chi connectivity index (χ2v) is 12.5. The van der Waals surface area contributed by atoms with Gasteiger partial charge in [-0.15, -0.1) is 0 Å². The Bertz CT molecular complexity index is 1830. The number of nitrogens with two attached hydrogens (primary N) is 1. The molecule has 0 radical (unpaired) electrons. The average Bonchev–Trinajstić information content (AvgIpc) is 3.95. The molecule has 2 aromatic carbocycles. The molecule has 3 heterocycles. The van der Waals surface area contributed by atoms with Gasteiger partial charge in [0.05, 0.1) is 18.3 Å². The van der Waals surface area contributed by atoms with Crippen LogP contribution in [0.25, 0.3) is 22.2 Å². The highest BCUT2D eigenvalue weighted by Crippen LogP contribution is 2.50. The van der Waals surface area contributed by atoms with Gasteiger partial charge in [-0.2, -0.15) is 0 Å². The third kappa shape index (κ3) is 5.01. The third-order valence-electron chi connectivity index (χ3n) is 8.75. The summed E-state index contributed by atoms with van der Waals surface area (Å²) >= 11 is 6.14. The summed E-state index contributed by atoms with van der Waals surface area (Å²) in [6.45, 7) is 1.54. The Labute approximate surface area is 257 Å². The minimum absolute atomic E-state index is 0.00286. The molecule has 0 saturated heterocycles. The summed E-state index contributed by atoms with van der Waals surface area (Å²) in [5, 5.41) is 16.1. The van der Waals surface area contributed by atoms with Crippen LogP contribution >= 0.6 is 11.6 Å². The molecule has 2 amide bonds. The number of hydrogen-bond donors (Lipinski definition) is 3. The number of rotatable bonds is 9. The fourth-order valence-electron chi connectivity index (χ4n) is 5.70. The monoisotopic (exact) mass is 616 g/mol. The van der Waals surface area contributed by atoms with E-state index in [0.717, 1.165) is 25.7 Å². The second-order valence-electron chi connectivity index (χ2n) is 12.1. The number of ether oxygens (including phenoxy) is 2. The van der Waals surface area contributed by atoms with Crippen LogP contribution in [0.5, 0.6) is 11.5 Å². The number of halogens is 2. The molecule has 2 fully saturated rings. The van der Waals surface area contributed by atoms with Gasteiger partial charge in [-0.05, 0) is 93.1 Å². The maximum atomic E-state index is 13.8. The zero-order valence-corrected chi connectivity index (χ0v) is 24.7. The van der Waals surface area contributed by atoms with Gasteiger partial charge in [0.1, 0.15) is 51.3 Å². The lowest BCUT2D eigenvalue weighted by molar-refractivity contribution is -0.123. The lowest BCUT2D eigenvalue weighted by Gasteiger charge is -2.30. The predicted molar refractivity (Wildman–Crippen MR) is 161 cm³/mol. The first-order chi connectivity index (χ1) is 21.0. The average molecular weight is 617 g/mol. The molecule has 2 aromatic heterocycles. The number of aliphatic hydroxyl groups is 1. The van der Waals surface area contributed by atoms with Gasteiger partial charge in [-0.3, -0.25) is 9.59 Å². The van der Waals surface area contributed by atoms with E-state index in [4.69, 9.17) is 31.8 Å². The molecule has 0 bridgehead atoms. The van der Waals surface area contributed by atoms with Gasteiger partial charge in [-0.1, -0.05) is 11.6 Å². The lowest BCUT2D eigenvalue weighted by atomic mass is 9.81. The van der Waals surface area contributed by atoms with Crippen LogP contribution in [-0.2, 0) is 15.8 Å². The number of primary amides is 1. The highest BCUT2D eigenvalue weighted by Gasteiger charge is 2.50. The summed E-state index contributed by atoms with van der Waals surface area (Å²) in [5.74, 6) is -0.764. The van der Waals surface area contributed by atoms with Crippen molar-refractivity contribution in [2.75, 3.05) is 13.2 Å². The minimum Gasteiger partial charge on any atom is -0.489 e. The van der Waals surface area contributed by atoms with E-state index in [1.807, 2.05) is 0 Å². The Kier molecular flexibility index (Phi) is 6.75. The van der Waals surface area contributed by atoms with Crippen LogP contribution in [0.4, 0.5) is 4.39 Å². The fourth-order valence-corrected chi connectivity index (χ4v) is 5.85. The standard InChI is InChI=1S/C33H30ClFN4O5/c1-32(31(36)41)16-43-29-23(32)14-25(38-28(29)17-2-7-21(35)8-3-17)33(42,20-5-6-20)15-37-30(40)19-12-18-4-11-26(34)39-27(18)24(13-19)44-22-9-10-22/h2-4,7-8,11-14,20,22,42H,5-6,9-10,15-16H2,1H3,(H2,36,41)(H,37,40)/t32-,33?/m0/s1. The smallest absolute Gasteiger partial charge is 0.251 e. The van der Waals surface area contributed by atoms with Crippen LogP contribution < -0.4 is 20.5 Å². The molecular formula is C33H30ClFN4O5. The van der Waals surface area contributed by atoms with E-state index in [9.17, 15) is 19.1 Å². The number of hydrogen-bond acceptors (Lipinski definition) is 7. The Balaban J connectivity index is 1.25. The van der Waals surface area contributed by atoms with Crippen LogP contribution in [0, 0.1) is 11.7 Å². The van der Waals surface area contributed by atoms with Gasteiger partial charge in [0, 0.05) is 22.1 Å². The zero-order valence-electron chi connectivity index (χ0n) is 23.9. The fraction of sp³-hybridized carbons (Fsp3) is 0.333. The Morgan fingerprint density at radius 2 is 1.89 bits per heavy atom. The largest absolute Gasteiger partial charge is 0.489 e. The summed E-state index contributed by atoms with van der Waals surface area (Å²) in [4.78, 5) is 35.4. The van der Waals surface area contributed by atoms with Crippen LogP contribution in [0.1, 0.15) is 54.2 Å². The van der Waals surface area contributed by atoms with Crippen molar-refractivity contribution in [3.05, 3.63) is 82.4 Å². The van der Waals surface area contributed by atoms with Gasteiger partial charge < -0.3 is 25.6 Å². The van der Waals surface area contributed by atoms with Crippen molar-refractivity contribution >= 4 is 34.3 Å². The number of carbonyl (C=O) groups excluding carboxylic acids is 2. The van der Waals surface area contributed by atoms with Gasteiger partial charge in [0.2, 0.25) is 5.91 Å². The highest BCUT2D eigenvalue weighted by atomic mass is 35.5. The molecule has 1 unspecified atom stereocenters. The van der Waals surface area contributed by atoms with Gasteiger partial charge in [0.25, 0.3) is 5.91 Å². The molecule has 4 N–H and O–H groups in total. The summed E-state index contributed by atoms with van der Waals surface area (Å²) in [6, 6.07) is 14.2. The maximum absolute atomic E-state index is 13.8. The molecule has 0 spiro atoms. The van der Waals surface area contributed by atoms with Gasteiger partial charge in [-0.25, -0.2) is 14.4 Å². The molecule has 2 aliphatic carbocycles. The highest BCUT2D eigenvalue weighted by molar-refractivity contribution is 6.29. The number of benzene rings is 2. The van der Waals surface area contributed by atoms with Crippen LogP contribution in [0.3, 0.4) is 0 Å². The van der Waals surface area contributed by atoms with Crippen LogP contribution in [0.2, 0.25) is 5.15 Å². The molecule has 2 atom stereocenters. The molecule has 4 aromatic rings. The molecule has 2 saturated carbocycles. The minimum atomic E-state index is -1.57. The van der Waals surface area contributed by atoms with E-state index >= 15 is 0 Å². The van der Waals surface area contributed by atoms with Crippen molar-refractivity contribution in [1.82, 2.24) is 15.3 Å². The van der Waals surface area contributed by atoms with Crippen molar-refractivity contribution in [2.24, 2.45) is 11.7 Å². The first kappa shape index (κ1) is 28.5. The molecule has 9 nitrogen and oxygen atoms in total. The van der Waals surface area contributed by atoms with E-state index in [1.54, 1.807) is 49.4 Å². The summed E-state index contributed by atoms with van der Waals surface area (Å²) in [6.07, 6.45) is 3.39. The molecule has 44 heavy (non-hydrogen) atoms. The van der Waals surface area contributed by atoms with Crippen LogP contribution in [-0.4, -0.2) is 46.1 Å². The van der Waals surface area contributed by atoms with Crippen molar-refractivity contribution in [1.29, 1.82) is 0 Å². The van der Waals surface area contributed by atoms with Crippen molar-refractivity contribution < 1.29 is 28.6 Å². The number of fused-ring (bicyclic) bond motifs is 2. The molecule has 226 valence electrons. The Morgan fingerprint density at radius 1 is 1.14 bits per heavy atom. The van der Waals surface area contributed by atoms with E-state index in [1.165, 1.54) is 12.1 Å². The van der Waals surface area contributed by atoms with Crippen molar-refractivity contribution in [3.8, 4) is 22.8 Å². The van der Waals surface area contributed by atoms with Gasteiger partial charge >= 0.3 is 0 Å². The quantitative estimate of drug-likeness (QED) is 0.230. The summed E-state index contributed by atoms with van der Waals surface area (Å²) < 4.78 is 25.8. The normalized spacial score (nSPS) is 20.5. The second kappa shape index (κ2) is 10.4. The Morgan fingerprint density at radius 3 is 2.57 bits per heavy atom. The SMILES string of the molecule is C[C@]1(C(N)=O)COc2c1cc(C(O)(CNC(=O)c1cc(OC3CC3)c3nc(Cl)ccc3c1)C1CC1)nc2-c1ccc(F)cc1. The first-order valence-corrected chi connectivity index (χ1v) is 14.9. The number of nitrogens with zero attached hydrogens (tertiary/aromatic N) is 2. The summed E-state index contributed by atoms with van der Waals surface area (Å²) in [5.41, 5.74) is 5.66.